The van der Waals surface area contributed by atoms with Crippen molar-refractivity contribution in [1.82, 2.24) is 15.7 Å². The van der Waals surface area contributed by atoms with Crippen molar-refractivity contribution in [2.45, 2.75) is 20.0 Å². The molecule has 0 bridgehead atoms. The van der Waals surface area contributed by atoms with Crippen LogP contribution in [0.1, 0.15) is 34.5 Å². The van der Waals surface area contributed by atoms with Gasteiger partial charge in [-0.05, 0) is 54.1 Å². The van der Waals surface area contributed by atoms with Crippen LogP contribution in [0.15, 0.2) is 78.9 Å². The van der Waals surface area contributed by atoms with Crippen molar-refractivity contribution < 1.29 is 14.8 Å². The quantitative estimate of drug-likeness (QED) is 0.220. The third-order valence-corrected chi connectivity index (χ3v) is 6.32. The number of hydrogen-bond donors (Lipinski definition) is 4. The van der Waals surface area contributed by atoms with Gasteiger partial charge in [0.05, 0.1) is 0 Å². The predicted octanol–water partition coefficient (Wildman–Crippen LogP) is 2.61. The Kier molecular flexibility index (Phi) is 10.4. The lowest BCUT2D eigenvalue weighted by atomic mass is 10.1. The second-order valence-electron chi connectivity index (χ2n) is 8.86. The predicted molar refractivity (Wildman–Crippen MR) is 150 cm³/mol. The molecule has 198 valence electrons. The number of nitrogens with one attached hydrogen (secondary N) is 2. The summed E-state index contributed by atoms with van der Waals surface area (Å²) in [5.41, 5.74) is 11.6. The molecule has 0 unspecified atom stereocenters. The Morgan fingerprint density at radius 3 is 2.00 bits per heavy atom. The maximum atomic E-state index is 12.3. The number of anilines is 1. The summed E-state index contributed by atoms with van der Waals surface area (Å²) in [4.78, 5) is 28.7. The largest absolute Gasteiger partial charge is 0.369 e. The van der Waals surface area contributed by atoms with Crippen LogP contribution < -0.4 is 21.4 Å². The Morgan fingerprint density at radius 1 is 0.868 bits per heavy atom. The number of para-hydroxylation sites is 1. The molecule has 8 nitrogen and oxygen atoms in total. The van der Waals surface area contributed by atoms with Crippen molar-refractivity contribution in [3.05, 3.63) is 101 Å². The number of carbonyl (C=O) groups is 2. The van der Waals surface area contributed by atoms with Gasteiger partial charge in [0.15, 0.2) is 0 Å². The van der Waals surface area contributed by atoms with Crippen LogP contribution in [0.3, 0.4) is 0 Å². The average Bonchev–Trinajstić information content (AvgIpc) is 2.96. The third kappa shape index (κ3) is 7.67. The fourth-order valence-corrected chi connectivity index (χ4v) is 4.15. The number of benzene rings is 3. The molecule has 1 fully saturated rings. The van der Waals surface area contributed by atoms with Crippen LogP contribution in [0, 0.1) is 11.8 Å². The van der Waals surface area contributed by atoms with E-state index in [4.69, 9.17) is 10.9 Å². The molecule has 1 heterocycles. The minimum Gasteiger partial charge on any atom is -0.369 e. The van der Waals surface area contributed by atoms with E-state index in [0.29, 0.717) is 5.56 Å². The molecule has 3 aromatic carbocycles. The van der Waals surface area contributed by atoms with Gasteiger partial charge in [0.2, 0.25) is 0 Å². The van der Waals surface area contributed by atoms with Crippen molar-refractivity contribution in [2.24, 2.45) is 5.73 Å². The summed E-state index contributed by atoms with van der Waals surface area (Å²) in [5, 5.41) is 11.2. The van der Waals surface area contributed by atoms with Crippen LogP contribution in [0.4, 0.5) is 5.69 Å². The number of hydroxylamine groups is 1. The molecule has 3 aromatic rings. The van der Waals surface area contributed by atoms with E-state index in [-0.39, 0.29) is 14.0 Å². The highest BCUT2D eigenvalue weighted by atomic mass is 16.5. The van der Waals surface area contributed by atoms with Crippen LogP contribution in [0.2, 0.25) is 0 Å². The number of hydrogen-bond acceptors (Lipinski definition) is 6. The normalized spacial score (nSPS) is 13.9. The van der Waals surface area contributed by atoms with Gasteiger partial charge in [-0.1, -0.05) is 49.6 Å². The number of rotatable bonds is 7. The van der Waals surface area contributed by atoms with Crippen molar-refractivity contribution in [3.63, 3.8) is 0 Å². The molecule has 2 amide bonds. The van der Waals surface area contributed by atoms with Gasteiger partial charge in [-0.2, -0.15) is 0 Å². The second kappa shape index (κ2) is 14.0. The summed E-state index contributed by atoms with van der Waals surface area (Å²) in [6.45, 7) is 4.91. The maximum absolute atomic E-state index is 12.3. The molecule has 1 aliphatic heterocycles. The molecular formula is C30H35N5O3. The van der Waals surface area contributed by atoms with Crippen molar-refractivity contribution in [1.29, 1.82) is 0 Å². The molecule has 0 saturated carbocycles. The Bertz CT molecular complexity index is 1240. The summed E-state index contributed by atoms with van der Waals surface area (Å²) >= 11 is 0. The number of nitrogens with two attached hydrogens (primary N) is 1. The zero-order chi connectivity index (χ0) is 26.0. The van der Waals surface area contributed by atoms with Gasteiger partial charge >= 0.3 is 0 Å². The standard InChI is InChI=1S/C29H31N5O3.CH4/c30-20-27(29(36)32-37)31-28(35)25-14-12-23(13-15-25)7-6-22-8-10-24(11-9-22)21-33-16-18-34(19-17-33)26-4-2-1-3-5-26;/h1-5,8-15,27,37H,16-21,30H2,(H,31,35)(H,32,36);1H4/t27-;/m0./s1. The van der Waals surface area contributed by atoms with Crippen LogP contribution in [0.5, 0.6) is 0 Å². The van der Waals surface area contributed by atoms with E-state index in [1.54, 1.807) is 24.3 Å². The summed E-state index contributed by atoms with van der Waals surface area (Å²) in [7, 11) is 0. The first-order valence-electron chi connectivity index (χ1n) is 12.2. The van der Waals surface area contributed by atoms with E-state index in [2.05, 4.69) is 63.4 Å². The van der Waals surface area contributed by atoms with Gasteiger partial charge in [0.1, 0.15) is 6.04 Å². The highest BCUT2D eigenvalue weighted by Gasteiger charge is 2.19. The second-order valence-corrected chi connectivity index (χ2v) is 8.86. The lowest BCUT2D eigenvalue weighted by Gasteiger charge is -2.36. The van der Waals surface area contributed by atoms with E-state index in [9.17, 15) is 9.59 Å². The van der Waals surface area contributed by atoms with Crippen LogP contribution in [-0.2, 0) is 11.3 Å². The molecule has 5 N–H and O–H groups in total. The monoisotopic (exact) mass is 513 g/mol. The van der Waals surface area contributed by atoms with Crippen molar-refractivity contribution >= 4 is 17.5 Å². The fraction of sp³-hybridized carbons (Fsp3) is 0.267. The van der Waals surface area contributed by atoms with Gasteiger partial charge < -0.3 is 16.0 Å². The molecular weight excluding hydrogens is 478 g/mol. The smallest absolute Gasteiger partial charge is 0.267 e. The van der Waals surface area contributed by atoms with Gasteiger partial charge in [-0.25, -0.2) is 5.48 Å². The number of amides is 2. The first kappa shape index (κ1) is 28.4. The molecule has 1 aliphatic rings. The van der Waals surface area contributed by atoms with E-state index in [1.807, 2.05) is 18.2 Å². The topological polar surface area (TPSA) is 111 Å². The van der Waals surface area contributed by atoms with Crippen molar-refractivity contribution in [3.8, 4) is 11.8 Å². The molecule has 0 aromatic heterocycles. The molecule has 38 heavy (non-hydrogen) atoms. The molecule has 0 spiro atoms. The van der Waals surface area contributed by atoms with Gasteiger partial charge in [0, 0.05) is 61.6 Å². The highest BCUT2D eigenvalue weighted by molar-refractivity contribution is 5.97. The van der Waals surface area contributed by atoms with Gasteiger partial charge in [0.25, 0.3) is 11.8 Å². The number of piperazine rings is 1. The Hall–Kier alpha value is -4.16. The number of carbonyl (C=O) groups excluding carboxylic acids is 2. The SMILES string of the molecule is C.NC[C@H](NC(=O)c1ccc(C#Cc2ccc(CN3CCN(c4ccccc4)CC3)cc2)cc1)C(=O)NO. The van der Waals surface area contributed by atoms with E-state index in [1.165, 1.54) is 16.7 Å². The third-order valence-electron chi connectivity index (χ3n) is 6.32. The lowest BCUT2D eigenvalue weighted by Crippen LogP contribution is -2.50. The Labute approximate surface area is 224 Å². The van der Waals surface area contributed by atoms with E-state index in [0.717, 1.165) is 43.9 Å². The minimum atomic E-state index is -1.01. The van der Waals surface area contributed by atoms with Gasteiger partial charge in [-0.3, -0.25) is 19.7 Å². The zero-order valence-electron chi connectivity index (χ0n) is 20.6. The zero-order valence-corrected chi connectivity index (χ0v) is 20.6. The molecule has 1 atom stereocenters. The van der Waals surface area contributed by atoms with E-state index >= 15 is 0 Å². The molecule has 0 radical (unpaired) electrons. The van der Waals surface area contributed by atoms with Gasteiger partial charge in [-0.15, -0.1) is 0 Å². The molecule has 8 heteroatoms. The minimum absolute atomic E-state index is 0. The first-order chi connectivity index (χ1) is 18.1. The number of nitrogens with zero attached hydrogens (tertiary/aromatic N) is 2. The maximum Gasteiger partial charge on any atom is 0.267 e. The Morgan fingerprint density at radius 2 is 1.45 bits per heavy atom. The van der Waals surface area contributed by atoms with Crippen LogP contribution in [-0.4, -0.2) is 60.7 Å². The summed E-state index contributed by atoms with van der Waals surface area (Å²) in [5.74, 6) is 5.04. The molecule has 1 saturated heterocycles. The summed E-state index contributed by atoms with van der Waals surface area (Å²) < 4.78 is 0. The van der Waals surface area contributed by atoms with Crippen LogP contribution in [0.25, 0.3) is 0 Å². The lowest BCUT2D eigenvalue weighted by molar-refractivity contribution is -0.130. The first-order valence-corrected chi connectivity index (χ1v) is 12.2. The van der Waals surface area contributed by atoms with Crippen LogP contribution >= 0.6 is 0 Å². The highest BCUT2D eigenvalue weighted by Crippen LogP contribution is 2.17. The summed E-state index contributed by atoms with van der Waals surface area (Å²) in [6.07, 6.45) is 0. The van der Waals surface area contributed by atoms with E-state index < -0.39 is 17.9 Å². The molecule has 4 rings (SSSR count). The summed E-state index contributed by atoms with van der Waals surface area (Å²) in [6, 6.07) is 24.6. The fourth-order valence-electron chi connectivity index (χ4n) is 4.15. The van der Waals surface area contributed by atoms with Crippen molar-refractivity contribution in [2.75, 3.05) is 37.6 Å². The Balaban J connectivity index is 0.00000400. The average molecular weight is 514 g/mol. The molecule has 0 aliphatic carbocycles.